The van der Waals surface area contributed by atoms with E-state index in [0.717, 1.165) is 0 Å². The van der Waals surface area contributed by atoms with Crippen LogP contribution in [0.3, 0.4) is 0 Å². The van der Waals surface area contributed by atoms with Gasteiger partial charge in [0, 0.05) is 31.7 Å². The Bertz CT molecular complexity index is 846. The van der Waals surface area contributed by atoms with Gasteiger partial charge in [-0.25, -0.2) is 8.42 Å². The summed E-state index contributed by atoms with van der Waals surface area (Å²) in [5, 5.41) is 0. The molecule has 0 bridgehead atoms. The smallest absolute Gasteiger partial charge is 0.311 e. The van der Waals surface area contributed by atoms with Gasteiger partial charge in [-0.15, -0.1) is 0 Å². The first-order chi connectivity index (χ1) is 13.1. The van der Waals surface area contributed by atoms with Gasteiger partial charge in [0.05, 0.1) is 10.8 Å². The van der Waals surface area contributed by atoms with Gasteiger partial charge < -0.3 is 9.64 Å². The van der Waals surface area contributed by atoms with Crippen molar-refractivity contribution in [2.24, 2.45) is 5.92 Å². The van der Waals surface area contributed by atoms with Gasteiger partial charge in [-0.1, -0.05) is 13.8 Å². The number of hydrogen-bond acceptors (Lipinski definition) is 6. The van der Waals surface area contributed by atoms with Crippen LogP contribution < -0.4 is 4.90 Å². The molecule has 1 amide bonds. The molecule has 0 aliphatic carbocycles. The summed E-state index contributed by atoms with van der Waals surface area (Å²) < 4.78 is 31.5. The first-order valence-electron chi connectivity index (χ1n) is 9.23. The molecule has 0 unspecified atom stereocenters. The summed E-state index contributed by atoms with van der Waals surface area (Å²) in [4.78, 5) is 37.3. The fraction of sp³-hybridized carbons (Fsp3) is 0.526. The Labute approximate surface area is 165 Å². The first-order valence-corrected chi connectivity index (χ1v) is 10.7. The maximum absolute atomic E-state index is 12.5. The van der Waals surface area contributed by atoms with Gasteiger partial charge >= 0.3 is 5.97 Å². The summed E-state index contributed by atoms with van der Waals surface area (Å²) in [6.07, 6.45) is -0.857. The molecule has 1 aromatic carbocycles. The highest BCUT2D eigenvalue weighted by molar-refractivity contribution is 7.89. The molecule has 8 nitrogen and oxygen atoms in total. The van der Waals surface area contributed by atoms with E-state index in [1.165, 1.54) is 35.2 Å². The van der Waals surface area contributed by atoms with E-state index >= 15 is 0 Å². The minimum atomic E-state index is -3.58. The van der Waals surface area contributed by atoms with E-state index < -0.39 is 28.0 Å². The molecule has 154 valence electrons. The normalized spacial score (nSPS) is 18.4. The van der Waals surface area contributed by atoms with Crippen molar-refractivity contribution in [1.82, 2.24) is 4.31 Å². The Morgan fingerprint density at radius 2 is 1.79 bits per heavy atom. The van der Waals surface area contributed by atoms with Gasteiger partial charge in [0.2, 0.25) is 15.9 Å². The van der Waals surface area contributed by atoms with Crippen molar-refractivity contribution in [3.8, 4) is 0 Å². The number of hydrogen-bond donors (Lipinski definition) is 0. The van der Waals surface area contributed by atoms with Crippen LogP contribution in [0.2, 0.25) is 0 Å². The number of amides is 1. The topological polar surface area (TPSA) is 101 Å². The molecule has 0 N–H and O–H groups in total. The predicted molar refractivity (Wildman–Crippen MR) is 103 cm³/mol. The number of carbonyl (C=O) groups is 3. The van der Waals surface area contributed by atoms with Gasteiger partial charge in [0.1, 0.15) is 0 Å². The number of anilines is 1. The predicted octanol–water partition coefficient (Wildman–Crippen LogP) is 1.59. The molecule has 1 aromatic rings. The molecule has 1 fully saturated rings. The van der Waals surface area contributed by atoms with Crippen LogP contribution in [0.4, 0.5) is 5.69 Å². The number of carbonyl (C=O) groups excluding carboxylic acids is 3. The van der Waals surface area contributed by atoms with Crippen molar-refractivity contribution in [2.75, 3.05) is 24.5 Å². The van der Waals surface area contributed by atoms with Gasteiger partial charge in [0.15, 0.2) is 11.9 Å². The third-order valence-corrected chi connectivity index (χ3v) is 6.88. The molecule has 0 spiro atoms. The Kier molecular flexibility index (Phi) is 6.95. The van der Waals surface area contributed by atoms with E-state index in [9.17, 15) is 22.8 Å². The molecule has 1 saturated heterocycles. The molecular weight excluding hydrogens is 384 g/mol. The Morgan fingerprint density at radius 1 is 1.21 bits per heavy atom. The first kappa shape index (κ1) is 22.0. The second kappa shape index (κ2) is 8.83. The Hall–Kier alpha value is -2.26. The minimum absolute atomic E-state index is 0.0110. The molecule has 0 aromatic heterocycles. The van der Waals surface area contributed by atoms with Crippen LogP contribution in [-0.2, 0) is 29.1 Å². The van der Waals surface area contributed by atoms with Crippen LogP contribution in [0.25, 0.3) is 0 Å². The van der Waals surface area contributed by atoms with Crippen LogP contribution in [-0.4, -0.2) is 56.1 Å². The monoisotopic (exact) mass is 410 g/mol. The molecule has 9 heteroatoms. The third kappa shape index (κ3) is 4.59. The zero-order valence-corrected chi connectivity index (χ0v) is 17.4. The molecule has 28 heavy (non-hydrogen) atoms. The van der Waals surface area contributed by atoms with Gasteiger partial charge in [-0.2, -0.15) is 4.31 Å². The lowest BCUT2D eigenvalue weighted by Crippen LogP contribution is -2.31. The number of rotatable bonds is 8. The molecule has 2 atom stereocenters. The molecule has 1 aliphatic rings. The fourth-order valence-electron chi connectivity index (χ4n) is 2.98. The molecular formula is C19H26N2O6S. The van der Waals surface area contributed by atoms with Crippen molar-refractivity contribution in [2.45, 2.75) is 45.1 Å². The molecule has 1 aliphatic heterocycles. The van der Waals surface area contributed by atoms with Crippen molar-refractivity contribution < 1.29 is 27.5 Å². The summed E-state index contributed by atoms with van der Waals surface area (Å²) in [6, 6.07) is 6.03. The number of esters is 1. The lowest BCUT2D eigenvalue weighted by Gasteiger charge is -2.20. The van der Waals surface area contributed by atoms with Gasteiger partial charge in [0.25, 0.3) is 0 Å². The number of benzene rings is 1. The largest absolute Gasteiger partial charge is 0.454 e. The number of ether oxygens (including phenoxy) is 1. The zero-order valence-electron chi connectivity index (χ0n) is 16.5. The summed E-state index contributed by atoms with van der Waals surface area (Å²) in [5.74, 6) is -1.76. The fourth-order valence-corrected chi connectivity index (χ4v) is 4.44. The zero-order chi connectivity index (χ0) is 21.1. The number of sulfonamides is 1. The van der Waals surface area contributed by atoms with Crippen LogP contribution in [0, 0.1) is 5.92 Å². The average molecular weight is 410 g/mol. The lowest BCUT2D eigenvalue weighted by molar-refractivity contribution is -0.157. The summed E-state index contributed by atoms with van der Waals surface area (Å²) in [6.45, 7) is 7.22. The van der Waals surface area contributed by atoms with E-state index in [1.54, 1.807) is 26.0 Å². The molecule has 0 radical (unpaired) electrons. The quantitative estimate of drug-likeness (QED) is 0.603. The van der Waals surface area contributed by atoms with Crippen molar-refractivity contribution in [1.29, 1.82) is 0 Å². The maximum atomic E-state index is 12.5. The number of ketones is 1. The highest BCUT2D eigenvalue weighted by Crippen LogP contribution is 2.28. The SMILES string of the molecule is CCN(CC)S(=O)(=O)c1ccc(N2C[C@@H](C(=O)O[C@@H](C)C(C)=O)CC2=O)cc1. The van der Waals surface area contributed by atoms with E-state index in [0.29, 0.717) is 18.8 Å². The van der Waals surface area contributed by atoms with Crippen LogP contribution in [0.1, 0.15) is 34.1 Å². The maximum Gasteiger partial charge on any atom is 0.311 e. The van der Waals surface area contributed by atoms with E-state index in [-0.39, 0.29) is 29.6 Å². The summed E-state index contributed by atoms with van der Waals surface area (Å²) in [7, 11) is -3.58. The van der Waals surface area contributed by atoms with Crippen molar-refractivity contribution in [3.63, 3.8) is 0 Å². The minimum Gasteiger partial charge on any atom is -0.454 e. The van der Waals surface area contributed by atoms with Crippen LogP contribution in [0.5, 0.6) is 0 Å². The average Bonchev–Trinajstić information content (AvgIpc) is 3.04. The second-order valence-electron chi connectivity index (χ2n) is 6.68. The Balaban J connectivity index is 2.13. The van der Waals surface area contributed by atoms with Gasteiger partial charge in [-0.05, 0) is 38.1 Å². The lowest BCUT2D eigenvalue weighted by atomic mass is 10.1. The summed E-state index contributed by atoms with van der Waals surface area (Å²) >= 11 is 0. The highest BCUT2D eigenvalue weighted by atomic mass is 32.2. The number of Topliss-reactive ketones (excluding diaryl/α,β-unsaturated/α-hetero) is 1. The summed E-state index contributed by atoms with van der Waals surface area (Å²) in [5.41, 5.74) is 0.512. The van der Waals surface area contributed by atoms with E-state index in [4.69, 9.17) is 4.74 Å². The number of nitrogens with zero attached hydrogens (tertiary/aromatic N) is 2. The third-order valence-electron chi connectivity index (χ3n) is 4.82. The van der Waals surface area contributed by atoms with E-state index in [1.807, 2.05) is 0 Å². The van der Waals surface area contributed by atoms with Crippen molar-refractivity contribution in [3.05, 3.63) is 24.3 Å². The second-order valence-corrected chi connectivity index (χ2v) is 8.62. The van der Waals surface area contributed by atoms with Crippen molar-refractivity contribution >= 4 is 33.4 Å². The molecule has 2 rings (SSSR count). The van der Waals surface area contributed by atoms with Gasteiger partial charge in [-0.3, -0.25) is 14.4 Å². The molecule has 0 saturated carbocycles. The van der Waals surface area contributed by atoms with E-state index in [2.05, 4.69) is 0 Å². The van der Waals surface area contributed by atoms with Crippen LogP contribution in [0.15, 0.2) is 29.2 Å². The molecule has 1 heterocycles. The standard InChI is InChI=1S/C19H26N2O6S/c1-5-20(6-2)28(25,26)17-9-7-16(8-10-17)21-12-15(11-18(21)23)19(24)27-14(4)13(3)22/h7-10,14-15H,5-6,11-12H2,1-4H3/t14-,15-/m0/s1. The van der Waals surface area contributed by atoms with Crippen LogP contribution >= 0.6 is 0 Å². The Morgan fingerprint density at radius 3 is 2.29 bits per heavy atom. The highest BCUT2D eigenvalue weighted by Gasteiger charge is 2.37.